The van der Waals surface area contributed by atoms with Crippen molar-refractivity contribution in [2.45, 2.75) is 20.3 Å². The number of aryl methyl sites for hydroxylation is 1. The van der Waals surface area contributed by atoms with Gasteiger partial charge in [-0.25, -0.2) is 0 Å². The van der Waals surface area contributed by atoms with Crippen molar-refractivity contribution in [1.82, 2.24) is 10.9 Å². The molecule has 0 radical (unpaired) electrons. The van der Waals surface area contributed by atoms with Crippen LogP contribution >= 0.6 is 31.9 Å². The van der Waals surface area contributed by atoms with Crippen LogP contribution in [0.15, 0.2) is 45.3 Å². The number of benzene rings is 2. The normalized spacial score (nSPS) is 10.2. The second kappa shape index (κ2) is 10.3. The Balaban J connectivity index is 1.90. The van der Waals surface area contributed by atoms with Gasteiger partial charge >= 0.3 is 0 Å². The number of hydrogen-bond acceptors (Lipinski definition) is 4. The molecule has 0 saturated heterocycles. The monoisotopic (exact) mass is 498 g/mol. The van der Waals surface area contributed by atoms with Crippen molar-refractivity contribution in [3.8, 4) is 11.5 Å². The summed E-state index contributed by atoms with van der Waals surface area (Å²) < 4.78 is 12.7. The summed E-state index contributed by atoms with van der Waals surface area (Å²) in [5.41, 5.74) is 5.93. The Labute approximate surface area is 174 Å². The van der Waals surface area contributed by atoms with Crippen molar-refractivity contribution in [2.75, 3.05) is 13.2 Å². The summed E-state index contributed by atoms with van der Waals surface area (Å²) in [4.78, 5) is 24.3. The van der Waals surface area contributed by atoms with Crippen LogP contribution in [0.4, 0.5) is 0 Å². The lowest BCUT2D eigenvalue weighted by Crippen LogP contribution is -2.44. The first-order chi connectivity index (χ1) is 12.9. The summed E-state index contributed by atoms with van der Waals surface area (Å²) in [5.74, 6) is 0.0929. The standard InChI is InChI=1S/C19H20Br2N2O4/c1-3-8-26-16-7-5-4-6-14(16)19(25)23-22-17(24)11-27-18-12(2)9-13(20)10-15(18)21/h4-7,9-10H,3,8,11H2,1-2H3,(H,22,24)(H,23,25). The highest BCUT2D eigenvalue weighted by molar-refractivity contribution is 9.11. The van der Waals surface area contributed by atoms with Crippen molar-refractivity contribution in [3.05, 3.63) is 56.5 Å². The number of amides is 2. The molecule has 0 bridgehead atoms. The van der Waals surface area contributed by atoms with Gasteiger partial charge in [-0.3, -0.25) is 20.4 Å². The van der Waals surface area contributed by atoms with E-state index >= 15 is 0 Å². The zero-order valence-corrected chi connectivity index (χ0v) is 18.1. The molecule has 0 aliphatic heterocycles. The van der Waals surface area contributed by atoms with Gasteiger partial charge < -0.3 is 9.47 Å². The van der Waals surface area contributed by atoms with E-state index < -0.39 is 11.8 Å². The second-order valence-corrected chi connectivity index (χ2v) is 7.44. The number of ether oxygens (including phenoxy) is 2. The number of halogens is 2. The summed E-state index contributed by atoms with van der Waals surface area (Å²) in [6.07, 6.45) is 0.828. The van der Waals surface area contributed by atoms with Crippen LogP contribution in [-0.4, -0.2) is 25.0 Å². The summed E-state index contributed by atoms with van der Waals surface area (Å²) in [7, 11) is 0. The highest BCUT2D eigenvalue weighted by Gasteiger charge is 2.14. The van der Waals surface area contributed by atoms with Gasteiger partial charge in [-0.1, -0.05) is 35.0 Å². The van der Waals surface area contributed by atoms with Crippen molar-refractivity contribution in [3.63, 3.8) is 0 Å². The van der Waals surface area contributed by atoms with Crippen LogP contribution in [0.5, 0.6) is 11.5 Å². The molecule has 0 spiro atoms. The van der Waals surface area contributed by atoms with Gasteiger partial charge in [0.25, 0.3) is 11.8 Å². The fourth-order valence-corrected chi connectivity index (χ4v) is 3.78. The molecule has 0 saturated carbocycles. The molecule has 27 heavy (non-hydrogen) atoms. The molecule has 0 aromatic heterocycles. The average molecular weight is 500 g/mol. The maximum atomic E-state index is 12.3. The molecule has 144 valence electrons. The smallest absolute Gasteiger partial charge is 0.276 e. The van der Waals surface area contributed by atoms with Crippen LogP contribution in [0.3, 0.4) is 0 Å². The molecule has 0 unspecified atom stereocenters. The summed E-state index contributed by atoms with van der Waals surface area (Å²) in [6, 6.07) is 10.6. The molecular formula is C19H20Br2N2O4. The lowest BCUT2D eigenvalue weighted by Gasteiger charge is -2.13. The predicted molar refractivity (Wildman–Crippen MR) is 110 cm³/mol. The number of rotatable bonds is 7. The van der Waals surface area contributed by atoms with E-state index in [1.54, 1.807) is 24.3 Å². The number of nitrogens with one attached hydrogen (secondary N) is 2. The van der Waals surface area contributed by atoms with Gasteiger partial charge in [0, 0.05) is 4.47 Å². The lowest BCUT2D eigenvalue weighted by atomic mass is 10.2. The molecule has 0 aliphatic carbocycles. The molecule has 8 heteroatoms. The number of carbonyl (C=O) groups excluding carboxylic acids is 2. The van der Waals surface area contributed by atoms with E-state index in [0.29, 0.717) is 23.7 Å². The molecule has 2 amide bonds. The summed E-state index contributed by atoms with van der Waals surface area (Å²) >= 11 is 6.79. The van der Waals surface area contributed by atoms with E-state index in [1.165, 1.54) is 0 Å². The number of para-hydroxylation sites is 1. The highest BCUT2D eigenvalue weighted by atomic mass is 79.9. The molecule has 0 aliphatic rings. The number of hydrogen-bond donors (Lipinski definition) is 2. The molecule has 2 N–H and O–H groups in total. The number of hydrazine groups is 1. The van der Waals surface area contributed by atoms with Crippen molar-refractivity contribution in [2.24, 2.45) is 0 Å². The first kappa shape index (κ1) is 21.2. The van der Waals surface area contributed by atoms with Gasteiger partial charge in [-0.05, 0) is 59.1 Å². The highest BCUT2D eigenvalue weighted by Crippen LogP contribution is 2.32. The topological polar surface area (TPSA) is 76.7 Å². The minimum absolute atomic E-state index is 0.241. The second-order valence-electron chi connectivity index (χ2n) is 5.67. The molecule has 2 aromatic carbocycles. The van der Waals surface area contributed by atoms with Crippen molar-refractivity contribution < 1.29 is 19.1 Å². The minimum atomic E-state index is -0.482. The Morgan fingerprint density at radius 3 is 2.52 bits per heavy atom. The third kappa shape index (κ3) is 6.25. The van der Waals surface area contributed by atoms with E-state index in [9.17, 15) is 9.59 Å². The third-order valence-electron chi connectivity index (χ3n) is 3.45. The SMILES string of the molecule is CCCOc1ccccc1C(=O)NNC(=O)COc1c(C)cc(Br)cc1Br. The fraction of sp³-hybridized carbons (Fsp3) is 0.263. The molecule has 2 aromatic rings. The zero-order valence-electron chi connectivity index (χ0n) is 15.0. The van der Waals surface area contributed by atoms with E-state index in [1.807, 2.05) is 26.0 Å². The zero-order chi connectivity index (χ0) is 19.8. The van der Waals surface area contributed by atoms with Crippen molar-refractivity contribution in [1.29, 1.82) is 0 Å². The average Bonchev–Trinajstić information content (AvgIpc) is 2.63. The maximum Gasteiger partial charge on any atom is 0.276 e. The van der Waals surface area contributed by atoms with E-state index in [2.05, 4.69) is 42.7 Å². The first-order valence-corrected chi connectivity index (χ1v) is 9.90. The molecule has 0 atom stereocenters. The van der Waals surface area contributed by atoms with E-state index in [0.717, 1.165) is 20.9 Å². The van der Waals surface area contributed by atoms with E-state index in [-0.39, 0.29) is 6.61 Å². The van der Waals surface area contributed by atoms with Crippen LogP contribution < -0.4 is 20.3 Å². The van der Waals surface area contributed by atoms with Crippen LogP contribution in [-0.2, 0) is 4.79 Å². The van der Waals surface area contributed by atoms with Gasteiger partial charge in [-0.2, -0.15) is 0 Å². The number of carbonyl (C=O) groups is 2. The Bertz CT molecular complexity index is 804. The van der Waals surface area contributed by atoms with Gasteiger partial charge in [-0.15, -0.1) is 0 Å². The molecule has 2 rings (SSSR count). The summed E-state index contributed by atoms with van der Waals surface area (Å²) in [5, 5.41) is 0. The first-order valence-electron chi connectivity index (χ1n) is 8.31. The third-order valence-corrected chi connectivity index (χ3v) is 4.50. The Morgan fingerprint density at radius 2 is 1.81 bits per heavy atom. The molecular weight excluding hydrogens is 480 g/mol. The van der Waals surface area contributed by atoms with E-state index in [4.69, 9.17) is 9.47 Å². The lowest BCUT2D eigenvalue weighted by molar-refractivity contribution is -0.123. The maximum absolute atomic E-state index is 12.3. The van der Waals surface area contributed by atoms with Crippen LogP contribution in [0, 0.1) is 6.92 Å². The Morgan fingerprint density at radius 1 is 1.07 bits per heavy atom. The molecule has 0 heterocycles. The van der Waals surface area contributed by atoms with Gasteiger partial charge in [0.1, 0.15) is 11.5 Å². The largest absolute Gasteiger partial charge is 0.493 e. The minimum Gasteiger partial charge on any atom is -0.493 e. The van der Waals surface area contributed by atoms with Crippen LogP contribution in [0.1, 0.15) is 29.3 Å². The van der Waals surface area contributed by atoms with Crippen molar-refractivity contribution >= 4 is 43.7 Å². The summed E-state index contributed by atoms with van der Waals surface area (Å²) in [6.45, 7) is 4.12. The van der Waals surface area contributed by atoms with Crippen LogP contribution in [0.25, 0.3) is 0 Å². The van der Waals surface area contributed by atoms with Gasteiger partial charge in [0.2, 0.25) is 0 Å². The van der Waals surface area contributed by atoms with Gasteiger partial charge in [0.05, 0.1) is 16.6 Å². The van der Waals surface area contributed by atoms with Gasteiger partial charge in [0.15, 0.2) is 6.61 Å². The quantitative estimate of drug-likeness (QED) is 0.561. The predicted octanol–water partition coefficient (Wildman–Crippen LogP) is 4.15. The molecule has 6 nitrogen and oxygen atoms in total. The Kier molecular flexibility index (Phi) is 8.12. The molecule has 0 fully saturated rings. The van der Waals surface area contributed by atoms with Crippen LogP contribution in [0.2, 0.25) is 0 Å². The Hall–Kier alpha value is -2.06. The fourth-order valence-electron chi connectivity index (χ4n) is 2.23.